The summed E-state index contributed by atoms with van der Waals surface area (Å²) in [5.74, 6) is -0.00569. The maximum atomic E-state index is 12.3. The monoisotopic (exact) mass is 288 g/mol. The lowest BCUT2D eigenvalue weighted by Gasteiger charge is -2.31. The van der Waals surface area contributed by atoms with Crippen LogP contribution in [0.15, 0.2) is 18.2 Å². The minimum Gasteiger partial charge on any atom is -0.337 e. The van der Waals surface area contributed by atoms with E-state index >= 15 is 0 Å². The second kappa shape index (κ2) is 6.41. The van der Waals surface area contributed by atoms with Gasteiger partial charge in [0, 0.05) is 19.1 Å². The molecule has 0 radical (unpaired) electrons. The molecule has 0 aromatic heterocycles. The summed E-state index contributed by atoms with van der Waals surface area (Å²) in [5.41, 5.74) is 7.40. The van der Waals surface area contributed by atoms with Crippen LogP contribution in [0.3, 0.4) is 0 Å². The predicted octanol–water partition coefficient (Wildman–Crippen LogP) is 2.63. The van der Waals surface area contributed by atoms with Gasteiger partial charge in [0.15, 0.2) is 0 Å². The number of piperidine rings is 1. The Bertz CT molecular complexity index is 437. The number of hydrogen-bond acceptors (Lipinski definition) is 2. The Balaban J connectivity index is 0.00000162. The van der Waals surface area contributed by atoms with Crippen LogP contribution >= 0.6 is 24.0 Å². The van der Waals surface area contributed by atoms with Crippen molar-refractivity contribution in [3.05, 3.63) is 34.3 Å². The molecule has 0 spiro atoms. The first-order valence-electron chi connectivity index (χ1n) is 5.89. The van der Waals surface area contributed by atoms with Crippen LogP contribution in [0.25, 0.3) is 0 Å². The second-order valence-electron chi connectivity index (χ2n) is 4.59. The molecule has 0 bridgehead atoms. The first kappa shape index (κ1) is 15.3. The van der Waals surface area contributed by atoms with Crippen LogP contribution in [0.2, 0.25) is 5.02 Å². The molecule has 1 aliphatic heterocycles. The van der Waals surface area contributed by atoms with Crippen molar-refractivity contribution in [2.24, 2.45) is 5.73 Å². The van der Waals surface area contributed by atoms with Gasteiger partial charge in [0.2, 0.25) is 0 Å². The van der Waals surface area contributed by atoms with Crippen molar-refractivity contribution in [1.29, 1.82) is 0 Å². The van der Waals surface area contributed by atoms with Crippen LogP contribution in [0, 0.1) is 6.92 Å². The van der Waals surface area contributed by atoms with Crippen LogP contribution < -0.4 is 5.73 Å². The van der Waals surface area contributed by atoms with Crippen molar-refractivity contribution in [2.75, 3.05) is 13.1 Å². The molecule has 2 N–H and O–H groups in total. The van der Waals surface area contributed by atoms with Gasteiger partial charge in [0.05, 0.1) is 10.6 Å². The van der Waals surface area contributed by atoms with Gasteiger partial charge in [0.1, 0.15) is 0 Å². The molecule has 3 nitrogen and oxygen atoms in total. The maximum Gasteiger partial charge on any atom is 0.255 e. The predicted molar refractivity (Wildman–Crippen MR) is 76.5 cm³/mol. The molecule has 1 atom stereocenters. The molecule has 100 valence electrons. The molecule has 1 aliphatic rings. The van der Waals surface area contributed by atoms with Gasteiger partial charge in [-0.05, 0) is 31.4 Å². The lowest BCUT2D eigenvalue weighted by atomic mass is 10.0. The van der Waals surface area contributed by atoms with Gasteiger partial charge in [-0.3, -0.25) is 4.79 Å². The molecule has 0 unspecified atom stereocenters. The first-order chi connectivity index (χ1) is 8.09. The van der Waals surface area contributed by atoms with Crippen molar-refractivity contribution < 1.29 is 4.79 Å². The second-order valence-corrected chi connectivity index (χ2v) is 4.97. The maximum absolute atomic E-state index is 12.3. The third kappa shape index (κ3) is 3.16. The van der Waals surface area contributed by atoms with E-state index in [1.54, 1.807) is 11.0 Å². The molecule has 2 rings (SSSR count). The Morgan fingerprint density at radius 3 is 2.89 bits per heavy atom. The highest BCUT2D eigenvalue weighted by Crippen LogP contribution is 2.23. The molecule has 1 amide bonds. The zero-order chi connectivity index (χ0) is 12.4. The lowest BCUT2D eigenvalue weighted by Crippen LogP contribution is -2.45. The molecule has 1 saturated heterocycles. The van der Waals surface area contributed by atoms with Crippen molar-refractivity contribution in [3.8, 4) is 0 Å². The molecule has 1 aromatic carbocycles. The molecule has 5 heteroatoms. The summed E-state index contributed by atoms with van der Waals surface area (Å²) in [6.45, 7) is 3.31. The summed E-state index contributed by atoms with van der Waals surface area (Å²) in [4.78, 5) is 14.1. The Morgan fingerprint density at radius 1 is 1.50 bits per heavy atom. The molecule has 1 fully saturated rings. The summed E-state index contributed by atoms with van der Waals surface area (Å²) < 4.78 is 0. The van der Waals surface area contributed by atoms with E-state index in [0.29, 0.717) is 17.1 Å². The van der Waals surface area contributed by atoms with Crippen LogP contribution in [0.1, 0.15) is 28.8 Å². The third-order valence-electron chi connectivity index (χ3n) is 3.17. The molecule has 1 aromatic rings. The van der Waals surface area contributed by atoms with Crippen molar-refractivity contribution in [1.82, 2.24) is 4.90 Å². The number of carbonyl (C=O) groups is 1. The molecule has 0 saturated carbocycles. The van der Waals surface area contributed by atoms with Gasteiger partial charge < -0.3 is 10.6 Å². The number of aryl methyl sites for hydroxylation is 1. The third-order valence-corrected chi connectivity index (χ3v) is 3.67. The number of nitrogens with zero attached hydrogens (tertiary/aromatic N) is 1. The standard InChI is InChI=1S/C13H17ClN2O.ClH/c1-9-4-2-6-11(12(9)14)13(17)16-7-3-5-10(15)8-16;/h2,4,6,10H,3,5,7-8,15H2,1H3;1H/t10-;/m1./s1. The molecular formula is C13H18Cl2N2O. The minimum absolute atomic E-state index is 0. The van der Waals surface area contributed by atoms with E-state index in [1.165, 1.54) is 0 Å². The number of halogens is 2. The fourth-order valence-corrected chi connectivity index (χ4v) is 2.38. The first-order valence-corrected chi connectivity index (χ1v) is 6.27. The van der Waals surface area contributed by atoms with Crippen LogP contribution in [-0.4, -0.2) is 29.9 Å². The lowest BCUT2D eigenvalue weighted by molar-refractivity contribution is 0.0709. The average Bonchev–Trinajstić information content (AvgIpc) is 2.32. The van der Waals surface area contributed by atoms with E-state index in [-0.39, 0.29) is 24.4 Å². The summed E-state index contributed by atoms with van der Waals surface area (Å²) in [7, 11) is 0. The van der Waals surface area contributed by atoms with E-state index in [2.05, 4.69) is 0 Å². The van der Waals surface area contributed by atoms with Gasteiger partial charge >= 0.3 is 0 Å². The fourth-order valence-electron chi connectivity index (χ4n) is 2.18. The van der Waals surface area contributed by atoms with Gasteiger partial charge in [-0.2, -0.15) is 0 Å². The zero-order valence-electron chi connectivity index (χ0n) is 10.4. The van der Waals surface area contributed by atoms with Gasteiger partial charge in [-0.15, -0.1) is 12.4 Å². The summed E-state index contributed by atoms with van der Waals surface area (Å²) in [6, 6.07) is 5.63. The summed E-state index contributed by atoms with van der Waals surface area (Å²) in [6.07, 6.45) is 1.96. The van der Waals surface area contributed by atoms with Crippen molar-refractivity contribution >= 4 is 29.9 Å². The average molecular weight is 289 g/mol. The topological polar surface area (TPSA) is 46.3 Å². The minimum atomic E-state index is -0.00569. The number of likely N-dealkylation sites (tertiary alicyclic amines) is 1. The Kier molecular flexibility index (Phi) is 5.45. The Labute approximate surface area is 119 Å². The van der Waals surface area contributed by atoms with E-state index in [9.17, 15) is 4.79 Å². The van der Waals surface area contributed by atoms with Crippen LogP contribution in [0.4, 0.5) is 0 Å². The smallest absolute Gasteiger partial charge is 0.255 e. The van der Waals surface area contributed by atoms with Crippen molar-refractivity contribution in [2.45, 2.75) is 25.8 Å². The summed E-state index contributed by atoms with van der Waals surface area (Å²) in [5, 5.41) is 0.552. The normalized spacial score (nSPS) is 19.3. The largest absolute Gasteiger partial charge is 0.337 e. The highest BCUT2D eigenvalue weighted by molar-refractivity contribution is 6.34. The Hall–Kier alpha value is -0.770. The number of amides is 1. The van der Waals surface area contributed by atoms with E-state index in [0.717, 1.165) is 24.9 Å². The number of rotatable bonds is 1. The molecular weight excluding hydrogens is 271 g/mol. The van der Waals surface area contributed by atoms with Gasteiger partial charge in [0.25, 0.3) is 5.91 Å². The fraction of sp³-hybridized carbons (Fsp3) is 0.462. The van der Waals surface area contributed by atoms with Crippen LogP contribution in [0.5, 0.6) is 0 Å². The van der Waals surface area contributed by atoms with Crippen molar-refractivity contribution in [3.63, 3.8) is 0 Å². The zero-order valence-corrected chi connectivity index (χ0v) is 11.9. The number of nitrogens with two attached hydrogens (primary N) is 1. The SMILES string of the molecule is Cc1cccc(C(=O)N2CCC[C@@H](N)C2)c1Cl.Cl. The number of hydrogen-bond donors (Lipinski definition) is 1. The number of benzene rings is 1. The van der Waals surface area contributed by atoms with E-state index in [1.807, 2.05) is 19.1 Å². The van der Waals surface area contributed by atoms with Crippen LogP contribution in [-0.2, 0) is 0 Å². The molecule has 1 heterocycles. The highest BCUT2D eigenvalue weighted by atomic mass is 35.5. The van der Waals surface area contributed by atoms with Gasteiger partial charge in [-0.1, -0.05) is 23.7 Å². The highest BCUT2D eigenvalue weighted by Gasteiger charge is 2.23. The Morgan fingerprint density at radius 2 is 2.22 bits per heavy atom. The molecule has 0 aliphatic carbocycles. The summed E-state index contributed by atoms with van der Waals surface area (Å²) >= 11 is 6.16. The quantitative estimate of drug-likeness (QED) is 0.864. The van der Waals surface area contributed by atoms with E-state index < -0.39 is 0 Å². The van der Waals surface area contributed by atoms with E-state index in [4.69, 9.17) is 17.3 Å². The number of carbonyl (C=O) groups excluding carboxylic acids is 1. The van der Waals surface area contributed by atoms with Gasteiger partial charge in [-0.25, -0.2) is 0 Å². The molecule has 18 heavy (non-hydrogen) atoms.